The van der Waals surface area contributed by atoms with Gasteiger partial charge in [-0.2, -0.15) is 0 Å². The number of benzene rings is 1. The third kappa shape index (κ3) is 4.19. The first kappa shape index (κ1) is 20.4. The molecule has 0 unspecified atom stereocenters. The van der Waals surface area contributed by atoms with Crippen LogP contribution < -0.4 is 0 Å². The second-order valence-electron chi connectivity index (χ2n) is 7.73. The van der Waals surface area contributed by atoms with E-state index in [9.17, 15) is 4.79 Å². The standard InChI is InChI=1S/C24H26ClNO2S/c1-15-18(7-4-6-10-21(27)28-2)22(16-11-13-17(25)14-12-16)23-19-8-3-5-9-20(19)29-24(23)26-15/h11-14H,3-10H2,1-2H3. The van der Waals surface area contributed by atoms with Crippen molar-refractivity contribution in [3.05, 3.63) is 51.0 Å². The molecule has 29 heavy (non-hydrogen) atoms. The fraction of sp³-hybridized carbons (Fsp3) is 0.417. The van der Waals surface area contributed by atoms with Gasteiger partial charge in [-0.25, -0.2) is 4.98 Å². The van der Waals surface area contributed by atoms with Crippen molar-refractivity contribution in [2.24, 2.45) is 0 Å². The highest BCUT2D eigenvalue weighted by molar-refractivity contribution is 7.19. The number of hydrogen-bond donors (Lipinski definition) is 0. The second-order valence-corrected chi connectivity index (χ2v) is 9.25. The molecule has 0 fully saturated rings. The van der Waals surface area contributed by atoms with Gasteiger partial charge in [-0.15, -0.1) is 11.3 Å². The average Bonchev–Trinajstić information content (AvgIpc) is 3.09. The van der Waals surface area contributed by atoms with Crippen LogP contribution in [0.25, 0.3) is 21.3 Å². The fourth-order valence-corrected chi connectivity index (χ4v) is 5.80. The van der Waals surface area contributed by atoms with Gasteiger partial charge in [0.25, 0.3) is 0 Å². The first-order valence-electron chi connectivity index (χ1n) is 10.3. The summed E-state index contributed by atoms with van der Waals surface area (Å²) in [7, 11) is 1.45. The molecule has 5 heteroatoms. The molecular formula is C24H26ClNO2S. The Labute approximate surface area is 181 Å². The Kier molecular flexibility index (Phi) is 6.21. The van der Waals surface area contributed by atoms with Crippen LogP contribution in [0.15, 0.2) is 24.3 Å². The van der Waals surface area contributed by atoms with Gasteiger partial charge >= 0.3 is 5.97 Å². The van der Waals surface area contributed by atoms with Crippen LogP contribution in [-0.2, 0) is 28.8 Å². The monoisotopic (exact) mass is 427 g/mol. The quantitative estimate of drug-likeness (QED) is 0.325. The van der Waals surface area contributed by atoms with E-state index in [1.807, 2.05) is 23.5 Å². The maximum atomic E-state index is 11.5. The number of carbonyl (C=O) groups is 1. The van der Waals surface area contributed by atoms with Crippen molar-refractivity contribution < 1.29 is 9.53 Å². The second kappa shape index (κ2) is 8.85. The minimum atomic E-state index is -0.139. The fourth-order valence-electron chi connectivity index (χ4n) is 4.35. The Hall–Kier alpha value is -1.91. The Morgan fingerprint density at radius 1 is 1.17 bits per heavy atom. The molecule has 2 heterocycles. The first-order chi connectivity index (χ1) is 14.1. The highest BCUT2D eigenvalue weighted by Crippen LogP contribution is 2.43. The molecule has 2 aromatic heterocycles. The molecular weight excluding hydrogens is 402 g/mol. The smallest absolute Gasteiger partial charge is 0.305 e. The summed E-state index contributed by atoms with van der Waals surface area (Å²) in [5.41, 5.74) is 6.43. The summed E-state index contributed by atoms with van der Waals surface area (Å²) in [6.45, 7) is 2.12. The van der Waals surface area contributed by atoms with Crippen LogP contribution in [0.5, 0.6) is 0 Å². The third-order valence-corrected chi connectivity index (χ3v) is 7.27. The highest BCUT2D eigenvalue weighted by Gasteiger charge is 2.23. The molecule has 0 bridgehead atoms. The number of nitrogens with zero attached hydrogens (tertiary/aromatic N) is 1. The molecule has 1 aliphatic carbocycles. The van der Waals surface area contributed by atoms with Crippen LogP contribution in [-0.4, -0.2) is 18.1 Å². The van der Waals surface area contributed by atoms with E-state index >= 15 is 0 Å². The number of hydrogen-bond acceptors (Lipinski definition) is 4. The molecule has 3 nitrogen and oxygen atoms in total. The van der Waals surface area contributed by atoms with Crippen LogP contribution in [0, 0.1) is 6.92 Å². The van der Waals surface area contributed by atoms with Crippen LogP contribution in [0.2, 0.25) is 5.02 Å². The molecule has 4 rings (SSSR count). The number of esters is 1. The Bertz CT molecular complexity index is 1040. The number of carbonyl (C=O) groups excluding carboxylic acids is 1. The summed E-state index contributed by atoms with van der Waals surface area (Å²) < 4.78 is 4.78. The number of rotatable bonds is 6. The Morgan fingerprint density at radius 2 is 1.93 bits per heavy atom. The molecule has 3 aromatic rings. The minimum Gasteiger partial charge on any atom is -0.469 e. The number of aromatic nitrogens is 1. The molecule has 0 saturated heterocycles. The van der Waals surface area contributed by atoms with Crippen molar-refractivity contribution in [1.82, 2.24) is 4.98 Å². The number of halogens is 1. The number of unbranched alkanes of at least 4 members (excludes halogenated alkanes) is 1. The van der Waals surface area contributed by atoms with E-state index in [1.54, 1.807) is 0 Å². The summed E-state index contributed by atoms with van der Waals surface area (Å²) in [6, 6.07) is 8.19. The molecule has 1 aliphatic rings. The lowest BCUT2D eigenvalue weighted by atomic mass is 9.88. The molecule has 152 valence electrons. The van der Waals surface area contributed by atoms with E-state index in [2.05, 4.69) is 19.1 Å². The largest absolute Gasteiger partial charge is 0.469 e. The Morgan fingerprint density at radius 3 is 2.69 bits per heavy atom. The van der Waals surface area contributed by atoms with Crippen molar-refractivity contribution in [2.45, 2.75) is 58.3 Å². The number of ether oxygens (including phenoxy) is 1. The van der Waals surface area contributed by atoms with Crippen molar-refractivity contribution in [2.75, 3.05) is 7.11 Å². The van der Waals surface area contributed by atoms with Gasteiger partial charge in [0.1, 0.15) is 4.83 Å². The summed E-state index contributed by atoms with van der Waals surface area (Å²) in [4.78, 5) is 19.2. The molecule has 0 N–H and O–H groups in total. The topological polar surface area (TPSA) is 39.2 Å². The first-order valence-corrected chi connectivity index (χ1v) is 11.5. The third-order valence-electron chi connectivity index (χ3n) is 5.83. The van der Waals surface area contributed by atoms with Crippen molar-refractivity contribution in [3.63, 3.8) is 0 Å². The minimum absolute atomic E-state index is 0.139. The van der Waals surface area contributed by atoms with E-state index in [0.29, 0.717) is 6.42 Å². The zero-order valence-corrected chi connectivity index (χ0v) is 18.6. The maximum Gasteiger partial charge on any atom is 0.305 e. The number of pyridine rings is 1. The summed E-state index contributed by atoms with van der Waals surface area (Å²) >= 11 is 8.05. The highest BCUT2D eigenvalue weighted by atomic mass is 35.5. The van der Waals surface area contributed by atoms with Gasteiger partial charge in [0, 0.05) is 27.4 Å². The number of fused-ring (bicyclic) bond motifs is 3. The molecule has 0 spiro atoms. The van der Waals surface area contributed by atoms with Gasteiger partial charge in [0.2, 0.25) is 0 Å². The van der Waals surface area contributed by atoms with E-state index in [1.165, 1.54) is 58.9 Å². The van der Waals surface area contributed by atoms with E-state index < -0.39 is 0 Å². The lowest BCUT2D eigenvalue weighted by Gasteiger charge is -2.17. The molecule has 0 aliphatic heterocycles. The van der Waals surface area contributed by atoms with Crippen molar-refractivity contribution in [3.8, 4) is 11.1 Å². The normalized spacial score (nSPS) is 13.5. The molecule has 0 amide bonds. The van der Waals surface area contributed by atoms with Gasteiger partial charge in [-0.1, -0.05) is 23.7 Å². The SMILES string of the molecule is COC(=O)CCCCc1c(C)nc2sc3c(c2c1-c1ccc(Cl)cc1)CCCC3. The predicted octanol–water partition coefficient (Wildman–Crippen LogP) is 6.69. The number of methoxy groups -OCH3 is 1. The zero-order valence-electron chi connectivity index (χ0n) is 17.0. The maximum absolute atomic E-state index is 11.5. The average molecular weight is 428 g/mol. The van der Waals surface area contributed by atoms with Crippen LogP contribution >= 0.6 is 22.9 Å². The molecule has 0 atom stereocenters. The van der Waals surface area contributed by atoms with Gasteiger partial charge in [-0.3, -0.25) is 4.79 Å². The summed E-state index contributed by atoms with van der Waals surface area (Å²) in [6.07, 6.45) is 7.98. The van der Waals surface area contributed by atoms with Crippen LogP contribution in [0.1, 0.15) is 53.8 Å². The van der Waals surface area contributed by atoms with Gasteiger partial charge < -0.3 is 4.74 Å². The molecule has 0 saturated carbocycles. The van der Waals surface area contributed by atoms with Crippen LogP contribution in [0.4, 0.5) is 0 Å². The van der Waals surface area contributed by atoms with Crippen molar-refractivity contribution in [1.29, 1.82) is 0 Å². The van der Waals surface area contributed by atoms with E-state index in [-0.39, 0.29) is 5.97 Å². The van der Waals surface area contributed by atoms with Gasteiger partial charge in [-0.05, 0) is 86.3 Å². The van der Waals surface area contributed by atoms with E-state index in [0.717, 1.165) is 41.2 Å². The van der Waals surface area contributed by atoms with Crippen LogP contribution in [0.3, 0.4) is 0 Å². The zero-order chi connectivity index (χ0) is 20.4. The lowest BCUT2D eigenvalue weighted by molar-refractivity contribution is -0.140. The van der Waals surface area contributed by atoms with Gasteiger partial charge in [0.05, 0.1) is 7.11 Å². The number of aryl methyl sites for hydroxylation is 3. The number of thiophene rings is 1. The lowest BCUT2D eigenvalue weighted by Crippen LogP contribution is -2.03. The summed E-state index contributed by atoms with van der Waals surface area (Å²) in [5.74, 6) is -0.139. The molecule has 0 radical (unpaired) electrons. The Balaban J connectivity index is 1.80. The predicted molar refractivity (Wildman–Crippen MR) is 121 cm³/mol. The van der Waals surface area contributed by atoms with Crippen molar-refractivity contribution >= 4 is 39.1 Å². The summed E-state index contributed by atoms with van der Waals surface area (Å²) in [5, 5.41) is 2.10. The molecule has 1 aromatic carbocycles. The van der Waals surface area contributed by atoms with Gasteiger partial charge in [0.15, 0.2) is 0 Å². The van der Waals surface area contributed by atoms with E-state index in [4.69, 9.17) is 21.3 Å².